The molecule has 1 aliphatic carbocycles. The van der Waals surface area contributed by atoms with Crippen molar-refractivity contribution < 1.29 is 4.42 Å². The summed E-state index contributed by atoms with van der Waals surface area (Å²) in [6.07, 6.45) is 0. The van der Waals surface area contributed by atoms with Gasteiger partial charge in [-0.25, -0.2) is 0 Å². The molecule has 10 aromatic rings. The smallest absolute Gasteiger partial charge is 0.137 e. The van der Waals surface area contributed by atoms with Crippen LogP contribution in [0.15, 0.2) is 156 Å². The summed E-state index contributed by atoms with van der Waals surface area (Å²) < 4.78 is 8.79. The lowest BCUT2D eigenvalue weighted by molar-refractivity contribution is 0.669. The van der Waals surface area contributed by atoms with Crippen molar-refractivity contribution in [2.45, 2.75) is 0 Å². The lowest BCUT2D eigenvalue weighted by Gasteiger charge is -2.12. The monoisotopic (exact) mass is 583 g/mol. The van der Waals surface area contributed by atoms with Crippen molar-refractivity contribution in [3.05, 3.63) is 152 Å². The molecule has 0 saturated heterocycles. The van der Waals surface area contributed by atoms with E-state index >= 15 is 0 Å². The average Bonchev–Trinajstić information content (AvgIpc) is 3.76. The predicted molar refractivity (Wildman–Crippen MR) is 193 cm³/mol. The van der Waals surface area contributed by atoms with Crippen LogP contribution in [0.1, 0.15) is 0 Å². The van der Waals surface area contributed by atoms with Crippen LogP contribution in [-0.2, 0) is 0 Å². The second-order valence-electron chi connectivity index (χ2n) is 12.5. The average molecular weight is 584 g/mol. The molecule has 0 spiro atoms. The number of benzene rings is 8. The van der Waals surface area contributed by atoms with E-state index in [0.717, 1.165) is 33.1 Å². The Morgan fingerprint density at radius 2 is 1.07 bits per heavy atom. The zero-order valence-corrected chi connectivity index (χ0v) is 24.8. The molecule has 0 bridgehead atoms. The van der Waals surface area contributed by atoms with Crippen LogP contribution in [0, 0.1) is 0 Å². The van der Waals surface area contributed by atoms with Crippen LogP contribution in [0.3, 0.4) is 0 Å². The molecular weight excluding hydrogens is 558 g/mol. The van der Waals surface area contributed by atoms with Gasteiger partial charge in [-0.2, -0.15) is 0 Å². The Morgan fingerprint density at radius 3 is 1.93 bits per heavy atom. The second-order valence-corrected chi connectivity index (χ2v) is 12.5. The zero-order valence-electron chi connectivity index (χ0n) is 24.8. The molecule has 2 heteroatoms. The summed E-state index contributed by atoms with van der Waals surface area (Å²) in [5.41, 5.74) is 13.1. The molecule has 0 atom stereocenters. The molecule has 8 aromatic carbocycles. The molecule has 11 rings (SSSR count). The van der Waals surface area contributed by atoms with E-state index in [0.29, 0.717) is 0 Å². The Labute approximate surface area is 264 Å². The Kier molecular flexibility index (Phi) is 4.61. The molecule has 212 valence electrons. The molecular formula is C44H25NO. The molecule has 0 aliphatic heterocycles. The van der Waals surface area contributed by atoms with Gasteiger partial charge in [0.05, 0.1) is 11.0 Å². The van der Waals surface area contributed by atoms with Crippen molar-refractivity contribution in [3.63, 3.8) is 0 Å². The number of aromatic nitrogens is 1. The van der Waals surface area contributed by atoms with Crippen LogP contribution in [-0.4, -0.2) is 4.57 Å². The molecule has 1 aliphatic rings. The third kappa shape index (κ3) is 3.10. The Bertz CT molecular complexity index is 2870. The van der Waals surface area contributed by atoms with Gasteiger partial charge in [-0.05, 0) is 85.3 Å². The highest BCUT2D eigenvalue weighted by Crippen LogP contribution is 2.49. The van der Waals surface area contributed by atoms with Crippen LogP contribution in [0.5, 0.6) is 0 Å². The fraction of sp³-hybridized carbons (Fsp3) is 0. The lowest BCUT2D eigenvalue weighted by atomic mass is 9.94. The van der Waals surface area contributed by atoms with Gasteiger partial charge in [0.25, 0.3) is 0 Å². The summed E-state index contributed by atoms with van der Waals surface area (Å²) in [6.45, 7) is 0. The highest BCUT2D eigenvalue weighted by atomic mass is 16.3. The van der Waals surface area contributed by atoms with Crippen molar-refractivity contribution in [1.29, 1.82) is 0 Å². The number of furan rings is 1. The van der Waals surface area contributed by atoms with Crippen molar-refractivity contribution in [2.75, 3.05) is 0 Å². The molecule has 46 heavy (non-hydrogen) atoms. The van der Waals surface area contributed by atoms with Gasteiger partial charge in [-0.15, -0.1) is 0 Å². The van der Waals surface area contributed by atoms with Gasteiger partial charge >= 0.3 is 0 Å². The summed E-state index contributed by atoms with van der Waals surface area (Å²) >= 11 is 0. The van der Waals surface area contributed by atoms with E-state index in [1.165, 1.54) is 71.2 Å². The molecule has 0 amide bonds. The van der Waals surface area contributed by atoms with E-state index in [1.54, 1.807) is 0 Å². The minimum Gasteiger partial charge on any atom is -0.456 e. The largest absolute Gasteiger partial charge is 0.456 e. The number of nitrogens with zero attached hydrogens (tertiary/aromatic N) is 1. The fourth-order valence-corrected chi connectivity index (χ4v) is 8.13. The van der Waals surface area contributed by atoms with Crippen LogP contribution >= 0.6 is 0 Å². The summed E-state index contributed by atoms with van der Waals surface area (Å²) in [5.74, 6) is 0. The molecule has 0 fully saturated rings. The van der Waals surface area contributed by atoms with Gasteiger partial charge in [-0.1, -0.05) is 115 Å². The Balaban J connectivity index is 1.15. The number of rotatable bonds is 2. The van der Waals surface area contributed by atoms with Crippen LogP contribution in [0.25, 0.3) is 104 Å². The molecule has 0 saturated carbocycles. The minimum absolute atomic E-state index is 0.910. The van der Waals surface area contributed by atoms with Crippen molar-refractivity contribution in [3.8, 4) is 39.1 Å². The molecule has 0 N–H and O–H groups in total. The van der Waals surface area contributed by atoms with E-state index in [-0.39, 0.29) is 0 Å². The quantitative estimate of drug-likeness (QED) is 0.198. The highest BCUT2D eigenvalue weighted by Gasteiger charge is 2.23. The second kappa shape index (κ2) is 8.74. The summed E-state index contributed by atoms with van der Waals surface area (Å²) in [5, 5.41) is 9.98. The van der Waals surface area contributed by atoms with Crippen molar-refractivity contribution >= 4 is 65.3 Å². The highest BCUT2D eigenvalue weighted by molar-refractivity contribution is 6.25. The first-order valence-electron chi connectivity index (χ1n) is 15.9. The molecule has 0 radical (unpaired) electrons. The minimum atomic E-state index is 0.910. The van der Waals surface area contributed by atoms with Gasteiger partial charge in [0, 0.05) is 33.3 Å². The van der Waals surface area contributed by atoms with Gasteiger partial charge in [0.15, 0.2) is 0 Å². The normalized spacial score (nSPS) is 12.3. The molecule has 2 nitrogen and oxygen atoms in total. The first kappa shape index (κ1) is 24.2. The van der Waals surface area contributed by atoms with Crippen LogP contribution < -0.4 is 0 Å². The maximum absolute atomic E-state index is 6.39. The van der Waals surface area contributed by atoms with E-state index in [2.05, 4.69) is 150 Å². The van der Waals surface area contributed by atoms with Crippen molar-refractivity contribution in [1.82, 2.24) is 4.57 Å². The molecule has 2 aromatic heterocycles. The maximum atomic E-state index is 6.39. The lowest BCUT2D eigenvalue weighted by Crippen LogP contribution is -1.94. The molecule has 2 heterocycles. The number of hydrogen-bond donors (Lipinski definition) is 0. The molecule has 0 unspecified atom stereocenters. The third-order valence-electron chi connectivity index (χ3n) is 10.1. The standard InChI is InChI=1S/C44H25NO/c1-2-9-30-26(8-1)18-23-39-44(30)38-24-37-33-12-5-6-15-41(33)46-42(37)25-40(38)45(39)28-19-16-27(17-20-28)29-21-22-36-32-11-4-3-10-31(32)35-14-7-13-34(29)43(35)36/h1-25H. The van der Waals surface area contributed by atoms with Crippen LogP contribution in [0.2, 0.25) is 0 Å². The third-order valence-corrected chi connectivity index (χ3v) is 10.1. The first-order chi connectivity index (χ1) is 22.8. The predicted octanol–water partition coefficient (Wildman–Crippen LogP) is 12.3. The van der Waals surface area contributed by atoms with Gasteiger partial charge in [0.1, 0.15) is 11.2 Å². The Morgan fingerprint density at radius 1 is 0.370 bits per heavy atom. The number of para-hydroxylation sites is 1. The van der Waals surface area contributed by atoms with E-state index in [4.69, 9.17) is 4.42 Å². The SMILES string of the molecule is c1ccc2c(c1)-c1cccc3c(-c4ccc(-n5c6cc7oc8ccccc8c7cc6c6c7ccccc7ccc65)cc4)ccc-2c13. The topological polar surface area (TPSA) is 18.1 Å². The number of fused-ring (bicyclic) bond motifs is 11. The Hall–Kier alpha value is -6.12. The summed E-state index contributed by atoms with van der Waals surface area (Å²) in [7, 11) is 0. The van der Waals surface area contributed by atoms with Crippen molar-refractivity contribution in [2.24, 2.45) is 0 Å². The fourth-order valence-electron chi connectivity index (χ4n) is 8.13. The van der Waals surface area contributed by atoms with E-state index < -0.39 is 0 Å². The summed E-state index contributed by atoms with van der Waals surface area (Å²) in [6, 6.07) is 55.3. The van der Waals surface area contributed by atoms with Crippen LogP contribution in [0.4, 0.5) is 0 Å². The summed E-state index contributed by atoms with van der Waals surface area (Å²) in [4.78, 5) is 0. The zero-order chi connectivity index (χ0) is 29.9. The van der Waals surface area contributed by atoms with Gasteiger partial charge in [-0.3, -0.25) is 0 Å². The van der Waals surface area contributed by atoms with Gasteiger partial charge in [0.2, 0.25) is 0 Å². The maximum Gasteiger partial charge on any atom is 0.137 e. The van der Waals surface area contributed by atoms with E-state index in [9.17, 15) is 0 Å². The number of hydrogen-bond acceptors (Lipinski definition) is 1. The van der Waals surface area contributed by atoms with Gasteiger partial charge < -0.3 is 8.98 Å². The van der Waals surface area contributed by atoms with E-state index in [1.807, 2.05) is 6.07 Å². The first-order valence-corrected chi connectivity index (χ1v) is 15.9.